The van der Waals surface area contributed by atoms with E-state index in [1.165, 1.54) is 35.9 Å². The van der Waals surface area contributed by atoms with Gasteiger partial charge in [-0.1, -0.05) is 12.1 Å². The van der Waals surface area contributed by atoms with Gasteiger partial charge in [0.05, 0.1) is 30.2 Å². The number of hydrogen-bond acceptors (Lipinski definition) is 4. The van der Waals surface area contributed by atoms with Crippen LogP contribution in [0.2, 0.25) is 0 Å². The zero-order valence-corrected chi connectivity index (χ0v) is 12.8. The van der Waals surface area contributed by atoms with Crippen LogP contribution in [0.1, 0.15) is 5.82 Å². The molecule has 0 aliphatic carbocycles. The maximum atomic E-state index is 13.2. The van der Waals surface area contributed by atoms with Gasteiger partial charge < -0.3 is 10.1 Å². The highest BCUT2D eigenvalue weighted by molar-refractivity contribution is 5.78. The number of ether oxygens (including phenoxy) is 1. The molecule has 122 valence electrons. The summed E-state index contributed by atoms with van der Waals surface area (Å²) in [6, 6.07) is 12.4. The van der Waals surface area contributed by atoms with Crippen molar-refractivity contribution in [2.24, 2.45) is 0 Å². The van der Waals surface area contributed by atoms with E-state index in [9.17, 15) is 14.0 Å². The Morgan fingerprint density at radius 3 is 2.62 bits per heavy atom. The second-order valence-corrected chi connectivity index (χ2v) is 5.01. The minimum Gasteiger partial charge on any atom is -0.453 e. The van der Waals surface area contributed by atoms with Gasteiger partial charge in [0.15, 0.2) is 0 Å². The quantitative estimate of drug-likeness (QED) is 0.801. The topological polar surface area (TPSA) is 73.2 Å². The molecule has 0 aliphatic rings. The van der Waals surface area contributed by atoms with E-state index < -0.39 is 11.9 Å². The lowest BCUT2D eigenvalue weighted by Crippen LogP contribution is -2.30. The summed E-state index contributed by atoms with van der Waals surface area (Å²) in [4.78, 5) is 28.6. The first-order valence-corrected chi connectivity index (χ1v) is 7.18. The highest BCUT2D eigenvalue weighted by atomic mass is 19.1. The molecule has 0 fully saturated rings. The Balaban J connectivity index is 2.19. The van der Waals surface area contributed by atoms with Crippen LogP contribution in [0, 0.1) is 5.82 Å². The molecule has 1 heterocycles. The zero-order chi connectivity index (χ0) is 17.1. The summed E-state index contributed by atoms with van der Waals surface area (Å²) in [5, 5.41) is 2.94. The number of hydrogen-bond donors (Lipinski definition) is 1. The fourth-order valence-electron chi connectivity index (χ4n) is 2.38. The summed E-state index contributed by atoms with van der Waals surface area (Å²) in [6.07, 6.45) is -0.636. The van der Waals surface area contributed by atoms with Gasteiger partial charge in [-0.3, -0.25) is 9.36 Å². The van der Waals surface area contributed by atoms with Crippen LogP contribution in [0.15, 0.2) is 53.3 Å². The van der Waals surface area contributed by atoms with Gasteiger partial charge in [-0.05, 0) is 36.4 Å². The molecule has 1 aromatic heterocycles. The fourth-order valence-corrected chi connectivity index (χ4v) is 2.38. The summed E-state index contributed by atoms with van der Waals surface area (Å²) in [5.41, 5.74) is 0.678. The third-order valence-corrected chi connectivity index (χ3v) is 3.51. The smallest absolute Gasteiger partial charge is 0.407 e. The first-order chi connectivity index (χ1) is 11.6. The lowest BCUT2D eigenvalue weighted by atomic mass is 10.2. The van der Waals surface area contributed by atoms with E-state index in [0.717, 1.165) is 0 Å². The number of rotatable bonds is 3. The van der Waals surface area contributed by atoms with Crippen LogP contribution in [-0.4, -0.2) is 22.8 Å². The third-order valence-electron chi connectivity index (χ3n) is 3.51. The van der Waals surface area contributed by atoms with E-state index in [-0.39, 0.29) is 12.1 Å². The third kappa shape index (κ3) is 2.96. The Morgan fingerprint density at radius 1 is 1.21 bits per heavy atom. The van der Waals surface area contributed by atoms with E-state index in [1.807, 2.05) is 0 Å². The van der Waals surface area contributed by atoms with Crippen LogP contribution in [0.25, 0.3) is 16.6 Å². The van der Waals surface area contributed by atoms with Crippen molar-refractivity contribution in [2.75, 3.05) is 7.11 Å². The van der Waals surface area contributed by atoms with E-state index in [1.54, 1.807) is 24.3 Å². The van der Waals surface area contributed by atoms with Gasteiger partial charge in [0.1, 0.15) is 11.6 Å². The standard InChI is InChI=1S/C17H14FN3O3/c1-24-17(23)19-10-15-20-14-5-3-2-4-13(14)16(22)21(15)12-8-6-11(18)7-9-12/h2-9H,10H2,1H3,(H,19,23). The Hall–Kier alpha value is -3.22. The number of fused-ring (bicyclic) bond motifs is 1. The van der Waals surface area contributed by atoms with Crippen molar-refractivity contribution in [2.45, 2.75) is 6.54 Å². The maximum Gasteiger partial charge on any atom is 0.407 e. The van der Waals surface area contributed by atoms with E-state index in [0.29, 0.717) is 22.4 Å². The van der Waals surface area contributed by atoms with Gasteiger partial charge in [-0.15, -0.1) is 0 Å². The number of para-hydroxylation sites is 1. The number of nitrogens with one attached hydrogen (secondary N) is 1. The van der Waals surface area contributed by atoms with Gasteiger partial charge in [0.2, 0.25) is 0 Å². The number of nitrogens with zero attached hydrogens (tertiary/aromatic N) is 2. The Morgan fingerprint density at radius 2 is 1.92 bits per heavy atom. The van der Waals surface area contributed by atoms with Crippen LogP contribution in [0.4, 0.5) is 9.18 Å². The molecule has 0 saturated heterocycles. The summed E-state index contributed by atoms with van der Waals surface area (Å²) >= 11 is 0. The Bertz CT molecular complexity index is 951. The molecule has 3 aromatic rings. The SMILES string of the molecule is COC(=O)NCc1nc2ccccc2c(=O)n1-c1ccc(F)cc1. The summed E-state index contributed by atoms with van der Waals surface area (Å²) in [6.45, 7) is -0.00980. The molecular formula is C17H14FN3O3. The lowest BCUT2D eigenvalue weighted by molar-refractivity contribution is 0.170. The van der Waals surface area contributed by atoms with Crippen molar-refractivity contribution in [1.82, 2.24) is 14.9 Å². The summed E-state index contributed by atoms with van der Waals surface area (Å²) in [7, 11) is 1.25. The van der Waals surface area contributed by atoms with Crippen LogP contribution < -0.4 is 10.9 Å². The van der Waals surface area contributed by atoms with Crippen molar-refractivity contribution in [3.63, 3.8) is 0 Å². The van der Waals surface area contributed by atoms with Gasteiger partial charge in [-0.25, -0.2) is 14.2 Å². The number of amides is 1. The largest absolute Gasteiger partial charge is 0.453 e. The van der Waals surface area contributed by atoms with E-state index >= 15 is 0 Å². The predicted octanol–water partition coefficient (Wildman–Crippen LogP) is 2.38. The molecule has 1 N–H and O–H groups in total. The number of alkyl carbamates (subject to hydrolysis) is 1. The summed E-state index contributed by atoms with van der Waals surface area (Å²) in [5.74, 6) is -0.0921. The molecule has 24 heavy (non-hydrogen) atoms. The van der Waals surface area contributed by atoms with Crippen molar-refractivity contribution < 1.29 is 13.9 Å². The molecule has 6 nitrogen and oxygen atoms in total. The van der Waals surface area contributed by atoms with Gasteiger partial charge in [-0.2, -0.15) is 0 Å². The number of halogens is 1. The van der Waals surface area contributed by atoms with Crippen LogP contribution >= 0.6 is 0 Å². The average molecular weight is 327 g/mol. The number of carbonyl (C=O) groups is 1. The highest BCUT2D eigenvalue weighted by Gasteiger charge is 2.13. The minimum atomic E-state index is -0.636. The van der Waals surface area contributed by atoms with Gasteiger partial charge in [0.25, 0.3) is 5.56 Å². The molecule has 7 heteroatoms. The first kappa shape index (κ1) is 15.7. The van der Waals surface area contributed by atoms with Crippen molar-refractivity contribution in [3.05, 3.63) is 70.5 Å². The molecule has 0 saturated carbocycles. The maximum absolute atomic E-state index is 13.2. The van der Waals surface area contributed by atoms with Crippen molar-refractivity contribution in [1.29, 1.82) is 0 Å². The summed E-state index contributed by atoms with van der Waals surface area (Å²) < 4.78 is 19.1. The average Bonchev–Trinajstić information content (AvgIpc) is 2.61. The number of aromatic nitrogens is 2. The highest BCUT2D eigenvalue weighted by Crippen LogP contribution is 2.13. The first-order valence-electron chi connectivity index (χ1n) is 7.18. The van der Waals surface area contributed by atoms with Crippen LogP contribution in [0.5, 0.6) is 0 Å². The number of methoxy groups -OCH3 is 1. The molecule has 1 amide bonds. The second kappa shape index (κ2) is 6.49. The predicted molar refractivity (Wildman–Crippen MR) is 86.5 cm³/mol. The number of carbonyl (C=O) groups excluding carboxylic acids is 1. The molecule has 0 radical (unpaired) electrons. The van der Waals surface area contributed by atoms with E-state index in [4.69, 9.17) is 0 Å². The van der Waals surface area contributed by atoms with Crippen molar-refractivity contribution >= 4 is 17.0 Å². The lowest BCUT2D eigenvalue weighted by Gasteiger charge is -2.14. The molecule has 3 rings (SSSR count). The molecule has 0 spiro atoms. The normalized spacial score (nSPS) is 10.6. The van der Waals surface area contributed by atoms with Crippen LogP contribution in [-0.2, 0) is 11.3 Å². The monoisotopic (exact) mass is 327 g/mol. The Kier molecular flexibility index (Phi) is 4.24. The zero-order valence-electron chi connectivity index (χ0n) is 12.8. The van der Waals surface area contributed by atoms with Gasteiger partial charge in [0, 0.05) is 0 Å². The number of benzene rings is 2. The van der Waals surface area contributed by atoms with Crippen LogP contribution in [0.3, 0.4) is 0 Å². The van der Waals surface area contributed by atoms with Gasteiger partial charge >= 0.3 is 6.09 Å². The molecule has 0 atom stereocenters. The van der Waals surface area contributed by atoms with E-state index in [2.05, 4.69) is 15.0 Å². The second-order valence-electron chi connectivity index (χ2n) is 5.01. The molecular weight excluding hydrogens is 313 g/mol. The van der Waals surface area contributed by atoms with Crippen molar-refractivity contribution in [3.8, 4) is 5.69 Å². The minimum absolute atomic E-state index is 0.00980. The molecule has 0 aliphatic heterocycles. The fraction of sp³-hybridized carbons (Fsp3) is 0.118. The molecule has 0 bridgehead atoms. The molecule has 2 aromatic carbocycles. The molecule has 0 unspecified atom stereocenters. The Labute approximate surface area is 136 Å².